The molecule has 3 aromatic carbocycles. The first-order valence-electron chi connectivity index (χ1n) is 13.9. The summed E-state index contributed by atoms with van der Waals surface area (Å²) in [5, 5.41) is 8.61. The van der Waals surface area contributed by atoms with Gasteiger partial charge in [0, 0.05) is 43.0 Å². The maximum absolute atomic E-state index is 13.9. The number of hydrogen-bond donors (Lipinski definition) is 2. The quantitative estimate of drug-likeness (QED) is 0.126. The lowest BCUT2D eigenvalue weighted by molar-refractivity contribution is -0.129. The van der Waals surface area contributed by atoms with Crippen LogP contribution in [0.1, 0.15) is 49.9 Å². The number of unbranched alkanes of at least 4 members (excludes halogenated alkanes) is 2. The smallest absolute Gasteiger partial charge is 0.254 e. The molecule has 1 heterocycles. The first kappa shape index (κ1) is 24.8. The molecule has 39 heavy (non-hydrogen) atoms. The maximum atomic E-state index is 13.9. The molecule has 0 fully saturated rings. The monoisotopic (exact) mass is 525 g/mol. The third-order valence-electron chi connectivity index (χ3n) is 6.14. The van der Waals surface area contributed by atoms with Crippen molar-refractivity contribution in [3.8, 4) is 16.9 Å². The van der Waals surface area contributed by atoms with Gasteiger partial charge in [-0.25, -0.2) is 5.48 Å². The molecule has 0 bridgehead atoms. The van der Waals surface area contributed by atoms with Gasteiger partial charge in [-0.3, -0.25) is 19.8 Å². The van der Waals surface area contributed by atoms with E-state index in [-0.39, 0.29) is 13.0 Å². The van der Waals surface area contributed by atoms with E-state index in [0.29, 0.717) is 41.9 Å². The van der Waals surface area contributed by atoms with E-state index in [2.05, 4.69) is 4.98 Å². The van der Waals surface area contributed by atoms with Crippen molar-refractivity contribution in [3.63, 3.8) is 0 Å². The molecule has 0 aliphatic carbocycles. The lowest BCUT2D eigenvalue weighted by atomic mass is 10.0. The Hall–Kier alpha value is -4.49. The Balaban J connectivity index is 1.55. The number of aromatic nitrogens is 1. The molecular weight excluding hydrogens is 490 g/mol. The van der Waals surface area contributed by atoms with Crippen LogP contribution in [0.4, 0.5) is 0 Å². The predicted molar refractivity (Wildman–Crippen MR) is 150 cm³/mol. The Kier molecular flexibility index (Phi) is 9.20. The third kappa shape index (κ3) is 8.25. The Morgan fingerprint density at radius 1 is 0.872 bits per heavy atom. The van der Waals surface area contributed by atoms with Crippen LogP contribution in [0.25, 0.3) is 11.1 Å². The van der Waals surface area contributed by atoms with Crippen molar-refractivity contribution >= 4 is 11.8 Å². The summed E-state index contributed by atoms with van der Waals surface area (Å²) in [5.74, 6) is -0.303. The zero-order valence-corrected chi connectivity index (χ0v) is 21.6. The molecule has 2 N–H and O–H groups in total. The van der Waals surface area contributed by atoms with Crippen molar-refractivity contribution in [2.75, 3.05) is 6.61 Å². The second-order valence-corrected chi connectivity index (χ2v) is 8.99. The molecule has 0 aliphatic rings. The molecule has 200 valence electrons. The minimum Gasteiger partial charge on any atom is -0.493 e. The SMILES string of the molecule is [2H]C([2H])(c1ccccc1)N(Cc1ccccc1OCCCCCC(=O)NO)C(=O)c1ccc(-c2cccnc2)cc1. The van der Waals surface area contributed by atoms with Crippen LogP contribution < -0.4 is 10.2 Å². The second kappa shape index (κ2) is 14.4. The summed E-state index contributed by atoms with van der Waals surface area (Å²) in [6, 6.07) is 26.8. The van der Waals surface area contributed by atoms with Gasteiger partial charge < -0.3 is 9.64 Å². The van der Waals surface area contributed by atoms with Crippen LogP contribution in [0.15, 0.2) is 103 Å². The molecule has 1 aromatic heterocycles. The van der Waals surface area contributed by atoms with E-state index in [4.69, 9.17) is 12.7 Å². The molecule has 7 nitrogen and oxygen atoms in total. The van der Waals surface area contributed by atoms with E-state index >= 15 is 0 Å². The second-order valence-electron chi connectivity index (χ2n) is 8.99. The van der Waals surface area contributed by atoms with Crippen molar-refractivity contribution < 1.29 is 22.3 Å². The minimum absolute atomic E-state index is 0.0159. The topological polar surface area (TPSA) is 91.8 Å². The van der Waals surface area contributed by atoms with Crippen LogP contribution in [-0.2, 0) is 17.8 Å². The van der Waals surface area contributed by atoms with Gasteiger partial charge in [0.05, 0.1) is 9.35 Å². The zero-order chi connectivity index (χ0) is 29.1. The van der Waals surface area contributed by atoms with E-state index in [1.54, 1.807) is 60.3 Å². The number of hydroxylamine groups is 1. The molecule has 4 aromatic rings. The number of amides is 2. The number of pyridine rings is 1. The lowest BCUT2D eigenvalue weighted by Gasteiger charge is -2.24. The standard InChI is InChI=1S/C32H33N3O4/c36-31(34-38)15-5-2-8-21-39-30-14-7-6-12-29(30)24-35(23-25-10-3-1-4-11-25)32(37)27-18-16-26(17-19-27)28-13-9-20-33-22-28/h1,3-4,6-7,9-14,16-20,22,38H,2,5,8,15,21,23-24H2,(H,34,36)/i23D2. The first-order chi connectivity index (χ1) is 19.9. The van der Waals surface area contributed by atoms with E-state index in [1.165, 1.54) is 4.90 Å². The summed E-state index contributed by atoms with van der Waals surface area (Å²) in [4.78, 5) is 30.5. The zero-order valence-electron chi connectivity index (χ0n) is 23.6. The van der Waals surface area contributed by atoms with Crippen molar-refractivity contribution in [1.29, 1.82) is 0 Å². The summed E-state index contributed by atoms with van der Waals surface area (Å²) in [6.07, 6.45) is 5.75. The summed E-state index contributed by atoms with van der Waals surface area (Å²) < 4.78 is 24.1. The molecule has 0 radical (unpaired) electrons. The van der Waals surface area contributed by atoms with Crippen LogP contribution >= 0.6 is 0 Å². The Morgan fingerprint density at radius 3 is 2.38 bits per heavy atom. The van der Waals surface area contributed by atoms with E-state index in [1.807, 2.05) is 48.5 Å². The molecule has 0 saturated heterocycles. The summed E-state index contributed by atoms with van der Waals surface area (Å²) in [6.45, 7) is -1.73. The van der Waals surface area contributed by atoms with Crippen molar-refractivity contribution in [3.05, 3.63) is 120 Å². The molecule has 0 atom stereocenters. The van der Waals surface area contributed by atoms with Gasteiger partial charge in [0.1, 0.15) is 5.75 Å². The minimum atomic E-state index is -2.11. The summed E-state index contributed by atoms with van der Waals surface area (Å²) >= 11 is 0. The number of nitrogens with zero attached hydrogens (tertiary/aromatic N) is 2. The Morgan fingerprint density at radius 2 is 1.64 bits per heavy atom. The van der Waals surface area contributed by atoms with Crippen molar-refractivity contribution in [2.45, 2.75) is 38.7 Å². The average molecular weight is 526 g/mol. The molecule has 7 heteroatoms. The fourth-order valence-electron chi connectivity index (χ4n) is 4.07. The molecular formula is C32H33N3O4. The van der Waals surface area contributed by atoms with Crippen LogP contribution in [0.5, 0.6) is 5.75 Å². The highest BCUT2D eigenvalue weighted by Gasteiger charge is 2.19. The lowest BCUT2D eigenvalue weighted by Crippen LogP contribution is -2.30. The van der Waals surface area contributed by atoms with Gasteiger partial charge in [0.25, 0.3) is 5.91 Å². The highest BCUT2D eigenvalue weighted by molar-refractivity contribution is 5.94. The van der Waals surface area contributed by atoms with E-state index in [0.717, 1.165) is 17.5 Å². The van der Waals surface area contributed by atoms with Crippen LogP contribution in [0.2, 0.25) is 0 Å². The number of hydrogen-bond acceptors (Lipinski definition) is 5. The summed E-state index contributed by atoms with van der Waals surface area (Å²) in [7, 11) is 0. The average Bonchev–Trinajstić information content (AvgIpc) is 3.02. The molecule has 4 rings (SSSR count). The highest BCUT2D eigenvalue weighted by atomic mass is 16.5. The van der Waals surface area contributed by atoms with Gasteiger partial charge in [0.2, 0.25) is 5.91 Å². The van der Waals surface area contributed by atoms with Gasteiger partial charge >= 0.3 is 0 Å². The largest absolute Gasteiger partial charge is 0.493 e. The highest BCUT2D eigenvalue weighted by Crippen LogP contribution is 2.24. The van der Waals surface area contributed by atoms with E-state index in [9.17, 15) is 9.59 Å². The van der Waals surface area contributed by atoms with Gasteiger partial charge in [-0.05, 0) is 60.2 Å². The van der Waals surface area contributed by atoms with E-state index < -0.39 is 18.3 Å². The maximum Gasteiger partial charge on any atom is 0.254 e. The summed E-state index contributed by atoms with van der Waals surface area (Å²) in [5.41, 5.74) is 4.86. The predicted octanol–water partition coefficient (Wildman–Crippen LogP) is 6.04. The third-order valence-corrected chi connectivity index (χ3v) is 6.14. The number of carbonyl (C=O) groups is 2. The molecule has 0 unspecified atom stereocenters. The van der Waals surface area contributed by atoms with Gasteiger partial charge in [-0.2, -0.15) is 0 Å². The van der Waals surface area contributed by atoms with Gasteiger partial charge in [-0.1, -0.05) is 66.7 Å². The van der Waals surface area contributed by atoms with Crippen LogP contribution in [-0.4, -0.2) is 33.5 Å². The molecule has 0 saturated carbocycles. The number of benzene rings is 3. The fourth-order valence-corrected chi connectivity index (χ4v) is 4.07. The number of carbonyl (C=O) groups excluding carboxylic acids is 2. The Labute approximate surface area is 231 Å². The fraction of sp³-hybridized carbons (Fsp3) is 0.219. The number of nitrogens with one attached hydrogen (secondary N) is 1. The molecule has 0 spiro atoms. The van der Waals surface area contributed by atoms with Crippen LogP contribution in [0.3, 0.4) is 0 Å². The van der Waals surface area contributed by atoms with Crippen molar-refractivity contribution in [1.82, 2.24) is 15.4 Å². The van der Waals surface area contributed by atoms with Gasteiger partial charge in [0.15, 0.2) is 0 Å². The molecule has 2 amide bonds. The number of para-hydroxylation sites is 1. The molecule has 0 aliphatic heterocycles. The normalized spacial score (nSPS) is 11.7. The van der Waals surface area contributed by atoms with Crippen LogP contribution in [0, 0.1) is 0 Å². The van der Waals surface area contributed by atoms with Gasteiger partial charge in [-0.15, -0.1) is 0 Å². The van der Waals surface area contributed by atoms with Crippen molar-refractivity contribution in [2.24, 2.45) is 0 Å². The number of rotatable bonds is 13. The number of ether oxygens (including phenoxy) is 1. The first-order valence-corrected chi connectivity index (χ1v) is 12.9. The Bertz CT molecular complexity index is 1420.